The van der Waals surface area contributed by atoms with E-state index in [9.17, 15) is 14.7 Å². The van der Waals surface area contributed by atoms with Crippen molar-refractivity contribution >= 4 is 29.1 Å². The Kier molecular flexibility index (Phi) is 6.53. The van der Waals surface area contributed by atoms with Crippen molar-refractivity contribution in [2.24, 2.45) is 0 Å². The first-order valence-electron chi connectivity index (χ1n) is 9.64. The van der Waals surface area contributed by atoms with E-state index < -0.39 is 17.7 Å². The number of benzene rings is 2. The highest BCUT2D eigenvalue weighted by atomic mass is 35.5. The zero-order valence-electron chi connectivity index (χ0n) is 15.9. The number of nitrogens with zero attached hydrogens (tertiary/aromatic N) is 1. The molecule has 0 aliphatic carbocycles. The molecule has 2 aromatic rings. The monoisotopic (exact) mass is 397 g/mol. The topological polar surface area (TPSA) is 57.6 Å². The molecule has 2 aromatic carbocycles. The normalized spacial score (nSPS) is 18.6. The fourth-order valence-electron chi connectivity index (χ4n) is 3.56. The Morgan fingerprint density at radius 2 is 1.68 bits per heavy atom. The molecule has 5 heteroatoms. The number of carbonyl (C=O) groups is 2. The van der Waals surface area contributed by atoms with E-state index >= 15 is 0 Å². The van der Waals surface area contributed by atoms with E-state index in [-0.39, 0.29) is 11.3 Å². The highest BCUT2D eigenvalue weighted by Gasteiger charge is 2.45. The van der Waals surface area contributed by atoms with Crippen molar-refractivity contribution in [1.82, 2.24) is 4.90 Å². The zero-order chi connectivity index (χ0) is 20.1. The van der Waals surface area contributed by atoms with Crippen molar-refractivity contribution in [2.75, 3.05) is 6.54 Å². The number of halogens is 1. The summed E-state index contributed by atoms with van der Waals surface area (Å²) in [5.74, 6) is -1.35. The maximum atomic E-state index is 12.8. The van der Waals surface area contributed by atoms with Crippen LogP contribution in [0.5, 0.6) is 0 Å². The smallest absolute Gasteiger partial charge is 0.295 e. The van der Waals surface area contributed by atoms with Crippen LogP contribution in [0.15, 0.2) is 60.2 Å². The van der Waals surface area contributed by atoms with Crippen LogP contribution < -0.4 is 0 Å². The van der Waals surface area contributed by atoms with Gasteiger partial charge in [0.05, 0.1) is 11.6 Å². The summed E-state index contributed by atoms with van der Waals surface area (Å²) in [6.07, 6.45) is 3.98. The van der Waals surface area contributed by atoms with Gasteiger partial charge in [0, 0.05) is 17.1 Å². The van der Waals surface area contributed by atoms with E-state index in [0.29, 0.717) is 17.1 Å². The molecule has 1 saturated heterocycles. The molecule has 28 heavy (non-hydrogen) atoms. The van der Waals surface area contributed by atoms with E-state index in [1.807, 2.05) is 6.07 Å². The molecule has 146 valence electrons. The minimum atomic E-state index is -0.642. The number of rotatable bonds is 7. The third-order valence-electron chi connectivity index (χ3n) is 5.03. The SMILES string of the molecule is CCCCCCN1C(=O)C(=O)C(=C(O)c2ccccc2)C1c1ccc(Cl)cc1. The van der Waals surface area contributed by atoms with Gasteiger partial charge in [-0.25, -0.2) is 0 Å². The van der Waals surface area contributed by atoms with Gasteiger partial charge in [-0.2, -0.15) is 0 Å². The van der Waals surface area contributed by atoms with Gasteiger partial charge in [-0.05, 0) is 24.1 Å². The molecule has 1 heterocycles. The lowest BCUT2D eigenvalue weighted by molar-refractivity contribution is -0.139. The summed E-state index contributed by atoms with van der Waals surface area (Å²) >= 11 is 6.02. The molecule has 1 N–H and O–H groups in total. The molecule has 3 rings (SSSR count). The number of hydrogen-bond acceptors (Lipinski definition) is 3. The van der Waals surface area contributed by atoms with Crippen LogP contribution in [0.2, 0.25) is 5.02 Å². The summed E-state index contributed by atoms with van der Waals surface area (Å²) in [4.78, 5) is 27.2. The number of carbonyl (C=O) groups excluding carboxylic acids is 2. The first-order valence-corrected chi connectivity index (χ1v) is 10.0. The van der Waals surface area contributed by atoms with E-state index in [2.05, 4.69) is 6.92 Å². The summed E-state index contributed by atoms with van der Waals surface area (Å²) in [6, 6.07) is 15.3. The van der Waals surface area contributed by atoms with E-state index in [4.69, 9.17) is 11.6 Å². The van der Waals surface area contributed by atoms with Gasteiger partial charge in [-0.15, -0.1) is 0 Å². The zero-order valence-corrected chi connectivity index (χ0v) is 16.7. The molecule has 1 aliphatic rings. The second-order valence-electron chi connectivity index (χ2n) is 6.97. The molecule has 0 bridgehead atoms. The van der Waals surface area contributed by atoms with Gasteiger partial charge in [0.1, 0.15) is 5.76 Å². The fraction of sp³-hybridized carbons (Fsp3) is 0.304. The number of likely N-dealkylation sites (tertiary alicyclic amines) is 1. The van der Waals surface area contributed by atoms with Crippen LogP contribution in [0.3, 0.4) is 0 Å². The highest BCUT2D eigenvalue weighted by Crippen LogP contribution is 2.39. The number of Topliss-reactive ketones (excluding diaryl/α,β-unsaturated/α-hetero) is 1. The molecule has 0 aromatic heterocycles. The Labute approximate surface area is 170 Å². The average molecular weight is 398 g/mol. The molecule has 1 atom stereocenters. The Hall–Kier alpha value is -2.59. The second kappa shape index (κ2) is 9.07. The van der Waals surface area contributed by atoms with Crippen LogP contribution in [-0.2, 0) is 9.59 Å². The number of ketones is 1. The van der Waals surface area contributed by atoms with Crippen molar-refractivity contribution in [2.45, 2.75) is 38.6 Å². The van der Waals surface area contributed by atoms with Crippen LogP contribution in [0, 0.1) is 0 Å². The van der Waals surface area contributed by atoms with Crippen LogP contribution >= 0.6 is 11.6 Å². The molecule has 0 radical (unpaired) electrons. The van der Waals surface area contributed by atoms with Crippen molar-refractivity contribution in [1.29, 1.82) is 0 Å². The highest BCUT2D eigenvalue weighted by molar-refractivity contribution is 6.46. The Bertz CT molecular complexity index is 874. The van der Waals surface area contributed by atoms with Gasteiger partial charge in [-0.1, -0.05) is 80.3 Å². The maximum absolute atomic E-state index is 12.8. The molecule has 1 unspecified atom stereocenters. The van der Waals surface area contributed by atoms with Gasteiger partial charge >= 0.3 is 0 Å². The van der Waals surface area contributed by atoms with Crippen LogP contribution in [0.1, 0.15) is 49.8 Å². The third kappa shape index (κ3) is 4.12. The van der Waals surface area contributed by atoms with E-state index in [1.54, 1.807) is 53.4 Å². The molecule has 0 spiro atoms. The quantitative estimate of drug-likeness (QED) is 0.297. The minimum Gasteiger partial charge on any atom is -0.507 e. The number of unbranched alkanes of at least 4 members (excludes halogenated alkanes) is 3. The summed E-state index contributed by atoms with van der Waals surface area (Å²) in [7, 11) is 0. The molecular weight excluding hydrogens is 374 g/mol. The molecule has 1 aliphatic heterocycles. The Morgan fingerprint density at radius 1 is 1.00 bits per heavy atom. The van der Waals surface area contributed by atoms with Gasteiger partial charge in [-0.3, -0.25) is 9.59 Å². The molecular formula is C23H24ClNO3. The predicted molar refractivity (Wildman–Crippen MR) is 111 cm³/mol. The summed E-state index contributed by atoms with van der Waals surface area (Å²) in [6.45, 7) is 2.60. The average Bonchev–Trinajstić information content (AvgIpc) is 2.97. The van der Waals surface area contributed by atoms with Gasteiger partial charge in [0.25, 0.3) is 11.7 Å². The largest absolute Gasteiger partial charge is 0.507 e. The van der Waals surface area contributed by atoms with Crippen molar-refractivity contribution < 1.29 is 14.7 Å². The molecule has 0 saturated carbocycles. The second-order valence-corrected chi connectivity index (χ2v) is 7.41. The van der Waals surface area contributed by atoms with Crippen LogP contribution in [-0.4, -0.2) is 28.2 Å². The maximum Gasteiger partial charge on any atom is 0.295 e. The first-order chi connectivity index (χ1) is 13.5. The van der Waals surface area contributed by atoms with Crippen LogP contribution in [0.25, 0.3) is 5.76 Å². The summed E-state index contributed by atoms with van der Waals surface area (Å²) in [5, 5.41) is 11.5. The van der Waals surface area contributed by atoms with Crippen molar-refractivity contribution in [3.63, 3.8) is 0 Å². The summed E-state index contributed by atoms with van der Waals surface area (Å²) < 4.78 is 0. The Morgan fingerprint density at radius 3 is 2.32 bits per heavy atom. The minimum absolute atomic E-state index is 0.133. The fourth-order valence-corrected chi connectivity index (χ4v) is 3.69. The molecule has 4 nitrogen and oxygen atoms in total. The molecule has 1 fully saturated rings. The lowest BCUT2D eigenvalue weighted by Gasteiger charge is -2.25. The molecule has 1 amide bonds. The lowest BCUT2D eigenvalue weighted by Crippen LogP contribution is -2.30. The van der Waals surface area contributed by atoms with Crippen molar-refractivity contribution in [3.05, 3.63) is 76.3 Å². The van der Waals surface area contributed by atoms with E-state index in [0.717, 1.165) is 31.2 Å². The summed E-state index contributed by atoms with van der Waals surface area (Å²) in [5.41, 5.74) is 1.41. The van der Waals surface area contributed by atoms with Gasteiger partial charge < -0.3 is 10.0 Å². The third-order valence-corrected chi connectivity index (χ3v) is 5.28. The van der Waals surface area contributed by atoms with Gasteiger partial charge in [0.15, 0.2) is 0 Å². The number of aliphatic hydroxyl groups is 1. The number of hydrogen-bond donors (Lipinski definition) is 1. The van der Waals surface area contributed by atoms with Crippen molar-refractivity contribution in [3.8, 4) is 0 Å². The predicted octanol–water partition coefficient (Wildman–Crippen LogP) is 5.34. The van der Waals surface area contributed by atoms with Crippen LogP contribution in [0.4, 0.5) is 0 Å². The lowest BCUT2D eigenvalue weighted by atomic mass is 9.95. The number of aliphatic hydroxyl groups excluding tert-OH is 1. The van der Waals surface area contributed by atoms with E-state index in [1.165, 1.54) is 0 Å². The standard InChI is InChI=1S/C23H24ClNO3/c1-2-3-4-8-15-25-20(16-11-13-18(24)14-12-16)19(22(27)23(25)28)21(26)17-9-6-5-7-10-17/h5-7,9-14,20,26H,2-4,8,15H2,1H3. The number of amides is 1. The van der Waals surface area contributed by atoms with Gasteiger partial charge in [0.2, 0.25) is 0 Å². The first kappa shape index (κ1) is 20.2. The Balaban J connectivity index is 2.04.